The Morgan fingerprint density at radius 2 is 1.76 bits per heavy atom. The number of aryl methyl sites for hydroxylation is 1. The van der Waals surface area contributed by atoms with Crippen molar-refractivity contribution < 1.29 is 4.39 Å². The van der Waals surface area contributed by atoms with E-state index in [1.807, 2.05) is 6.92 Å². The van der Waals surface area contributed by atoms with Gasteiger partial charge in [-0.3, -0.25) is 0 Å². The second-order valence-corrected chi connectivity index (χ2v) is 3.96. The summed E-state index contributed by atoms with van der Waals surface area (Å²) in [4.78, 5) is 11.3. The number of benzene rings is 1. The monoisotopic (exact) mass is 272 g/mol. The van der Waals surface area contributed by atoms with Crippen LogP contribution in [0.4, 0.5) is 16.0 Å². The van der Waals surface area contributed by atoms with E-state index in [0.717, 1.165) is 5.56 Å². The third-order valence-electron chi connectivity index (χ3n) is 2.03. The van der Waals surface area contributed by atoms with Gasteiger partial charge in [-0.1, -0.05) is 6.07 Å². The molecule has 0 aliphatic heterocycles. The summed E-state index contributed by atoms with van der Waals surface area (Å²) >= 11 is 11.3. The van der Waals surface area contributed by atoms with Crippen LogP contribution < -0.4 is 5.32 Å². The van der Waals surface area contributed by atoms with Gasteiger partial charge in [0.1, 0.15) is 5.82 Å². The molecule has 7 heteroatoms. The Bertz CT molecular complexity index is 542. The lowest BCUT2D eigenvalue weighted by Crippen LogP contribution is -2.01. The van der Waals surface area contributed by atoms with Crippen molar-refractivity contribution in [2.24, 2.45) is 0 Å². The molecule has 1 aromatic carbocycles. The van der Waals surface area contributed by atoms with E-state index in [1.54, 1.807) is 6.07 Å². The predicted molar refractivity (Wildman–Crippen MR) is 64.3 cm³/mol. The van der Waals surface area contributed by atoms with Crippen LogP contribution in [0.5, 0.6) is 0 Å². The van der Waals surface area contributed by atoms with Crippen LogP contribution in [0.3, 0.4) is 0 Å². The van der Waals surface area contributed by atoms with Crippen molar-refractivity contribution >= 4 is 34.8 Å². The Balaban J connectivity index is 2.34. The minimum atomic E-state index is -0.357. The summed E-state index contributed by atoms with van der Waals surface area (Å²) in [5.41, 5.74) is 1.39. The molecule has 2 aromatic rings. The number of rotatable bonds is 2. The number of hydrogen-bond donors (Lipinski definition) is 1. The number of halogens is 3. The minimum absolute atomic E-state index is 0.0263. The van der Waals surface area contributed by atoms with Crippen molar-refractivity contribution in [3.8, 4) is 0 Å². The second kappa shape index (κ2) is 4.81. The van der Waals surface area contributed by atoms with Crippen LogP contribution in [0.1, 0.15) is 5.56 Å². The normalized spacial score (nSPS) is 10.4. The molecule has 1 N–H and O–H groups in total. The van der Waals surface area contributed by atoms with Gasteiger partial charge in [0.15, 0.2) is 0 Å². The Kier molecular flexibility index (Phi) is 3.40. The molecule has 17 heavy (non-hydrogen) atoms. The first kappa shape index (κ1) is 12.0. The zero-order valence-corrected chi connectivity index (χ0v) is 10.2. The number of hydrogen-bond acceptors (Lipinski definition) is 4. The average molecular weight is 273 g/mol. The summed E-state index contributed by atoms with van der Waals surface area (Å²) in [6.45, 7) is 1.83. The Labute approximate surface area is 107 Å². The number of nitrogens with one attached hydrogen (secondary N) is 1. The van der Waals surface area contributed by atoms with E-state index in [4.69, 9.17) is 23.2 Å². The van der Waals surface area contributed by atoms with Gasteiger partial charge < -0.3 is 5.32 Å². The molecule has 1 aromatic heterocycles. The summed E-state index contributed by atoms with van der Waals surface area (Å²) in [6, 6.07) is 4.34. The van der Waals surface area contributed by atoms with Crippen molar-refractivity contribution in [3.63, 3.8) is 0 Å². The van der Waals surface area contributed by atoms with E-state index < -0.39 is 0 Å². The second-order valence-electron chi connectivity index (χ2n) is 3.28. The lowest BCUT2D eigenvalue weighted by Gasteiger charge is -2.07. The van der Waals surface area contributed by atoms with Gasteiger partial charge in [-0.2, -0.15) is 15.0 Å². The van der Waals surface area contributed by atoms with E-state index in [9.17, 15) is 4.39 Å². The molecule has 0 radical (unpaired) electrons. The maximum absolute atomic E-state index is 13.1. The highest BCUT2D eigenvalue weighted by Crippen LogP contribution is 2.20. The van der Waals surface area contributed by atoms with Gasteiger partial charge >= 0.3 is 0 Å². The fourth-order valence-electron chi connectivity index (χ4n) is 1.23. The first-order valence-corrected chi connectivity index (χ1v) is 5.40. The highest BCUT2D eigenvalue weighted by molar-refractivity contribution is 6.31. The van der Waals surface area contributed by atoms with Gasteiger partial charge in [-0.05, 0) is 47.8 Å². The fourth-order valence-corrected chi connectivity index (χ4v) is 1.59. The van der Waals surface area contributed by atoms with Crippen LogP contribution >= 0.6 is 23.2 Å². The third kappa shape index (κ3) is 3.01. The van der Waals surface area contributed by atoms with Gasteiger partial charge in [-0.25, -0.2) is 4.39 Å². The number of anilines is 2. The molecule has 0 spiro atoms. The Hall–Kier alpha value is -1.46. The molecule has 88 valence electrons. The standard InChI is InChI=1S/C10H7Cl2FN4/c1-5-2-3-6(13)4-7(5)14-10-16-8(11)15-9(12)17-10/h2-4H,1H3,(H,14,15,16,17). The van der Waals surface area contributed by atoms with Crippen LogP contribution in [0, 0.1) is 12.7 Å². The maximum Gasteiger partial charge on any atom is 0.232 e. The smallest absolute Gasteiger partial charge is 0.232 e. The minimum Gasteiger partial charge on any atom is -0.324 e. The zero-order chi connectivity index (χ0) is 12.4. The van der Waals surface area contributed by atoms with Gasteiger partial charge in [0, 0.05) is 5.69 Å². The molecular formula is C10H7Cl2FN4. The molecule has 0 aliphatic carbocycles. The quantitative estimate of drug-likeness (QED) is 0.911. The molecule has 0 saturated heterocycles. The van der Waals surface area contributed by atoms with E-state index in [1.165, 1.54) is 12.1 Å². The van der Waals surface area contributed by atoms with Crippen molar-refractivity contribution in [1.29, 1.82) is 0 Å². The molecule has 0 bridgehead atoms. The molecule has 1 heterocycles. The lowest BCUT2D eigenvalue weighted by atomic mass is 10.2. The van der Waals surface area contributed by atoms with Gasteiger partial charge in [0.05, 0.1) is 0 Å². The Morgan fingerprint density at radius 3 is 2.41 bits per heavy atom. The Morgan fingerprint density at radius 1 is 1.12 bits per heavy atom. The molecule has 0 fully saturated rings. The summed E-state index contributed by atoms with van der Waals surface area (Å²) in [5, 5.41) is 2.77. The highest BCUT2D eigenvalue weighted by Gasteiger charge is 2.06. The number of aromatic nitrogens is 3. The van der Waals surface area contributed by atoms with Crippen molar-refractivity contribution in [2.45, 2.75) is 6.92 Å². The van der Waals surface area contributed by atoms with Crippen LogP contribution in [-0.4, -0.2) is 15.0 Å². The highest BCUT2D eigenvalue weighted by atomic mass is 35.5. The molecule has 0 atom stereocenters. The van der Waals surface area contributed by atoms with E-state index in [2.05, 4.69) is 20.3 Å². The third-order valence-corrected chi connectivity index (χ3v) is 2.36. The molecule has 0 saturated carbocycles. The topological polar surface area (TPSA) is 50.7 Å². The van der Waals surface area contributed by atoms with E-state index in [0.29, 0.717) is 5.69 Å². The molecule has 0 unspecified atom stereocenters. The van der Waals surface area contributed by atoms with Gasteiger partial charge in [-0.15, -0.1) is 0 Å². The van der Waals surface area contributed by atoms with Crippen LogP contribution in [0.25, 0.3) is 0 Å². The van der Waals surface area contributed by atoms with Crippen LogP contribution in [-0.2, 0) is 0 Å². The summed E-state index contributed by atoms with van der Waals surface area (Å²) in [6.07, 6.45) is 0. The molecule has 4 nitrogen and oxygen atoms in total. The molecule has 0 aliphatic rings. The van der Waals surface area contributed by atoms with Crippen molar-refractivity contribution in [2.75, 3.05) is 5.32 Å². The van der Waals surface area contributed by atoms with Gasteiger partial charge in [0.2, 0.25) is 16.5 Å². The summed E-state index contributed by atoms with van der Waals surface area (Å²) in [5.74, 6) is -0.187. The first-order chi connectivity index (χ1) is 8.04. The number of nitrogens with zero attached hydrogens (tertiary/aromatic N) is 3. The predicted octanol–water partition coefficient (Wildman–Crippen LogP) is 3.37. The molecular weight excluding hydrogens is 266 g/mol. The largest absolute Gasteiger partial charge is 0.324 e. The maximum atomic E-state index is 13.1. The molecule has 2 rings (SSSR count). The lowest BCUT2D eigenvalue weighted by molar-refractivity contribution is 0.628. The summed E-state index contributed by atoms with van der Waals surface area (Å²) in [7, 11) is 0. The SMILES string of the molecule is Cc1ccc(F)cc1Nc1nc(Cl)nc(Cl)n1. The van der Waals surface area contributed by atoms with E-state index >= 15 is 0 Å². The van der Waals surface area contributed by atoms with Crippen LogP contribution in [0.2, 0.25) is 10.6 Å². The van der Waals surface area contributed by atoms with Crippen molar-refractivity contribution in [1.82, 2.24) is 15.0 Å². The zero-order valence-electron chi connectivity index (χ0n) is 8.71. The van der Waals surface area contributed by atoms with Crippen molar-refractivity contribution in [3.05, 3.63) is 40.1 Å². The average Bonchev–Trinajstić information content (AvgIpc) is 2.22. The molecule has 0 amide bonds. The summed E-state index contributed by atoms with van der Waals surface area (Å²) < 4.78 is 13.1. The first-order valence-electron chi connectivity index (χ1n) is 4.65. The van der Waals surface area contributed by atoms with Crippen LogP contribution in [0.15, 0.2) is 18.2 Å². The van der Waals surface area contributed by atoms with Gasteiger partial charge in [0.25, 0.3) is 0 Å². The van der Waals surface area contributed by atoms with E-state index in [-0.39, 0.29) is 22.3 Å². The fraction of sp³-hybridized carbons (Fsp3) is 0.100.